The Morgan fingerprint density at radius 3 is 2.57 bits per heavy atom. The summed E-state index contributed by atoms with van der Waals surface area (Å²) < 4.78 is 14.4. The highest BCUT2D eigenvalue weighted by atomic mass is 79.9. The molecule has 0 saturated heterocycles. The van der Waals surface area contributed by atoms with Crippen molar-refractivity contribution in [3.63, 3.8) is 0 Å². The largest absolute Gasteiger partial charge is 0.292 e. The predicted molar refractivity (Wildman–Crippen MR) is 85.9 cm³/mol. The fourth-order valence-corrected chi connectivity index (χ4v) is 2.93. The number of benzene rings is 2. The Labute approximate surface area is 142 Å². The summed E-state index contributed by atoms with van der Waals surface area (Å²) in [6, 6.07) is 10.6. The molecule has 2 rings (SSSR count). The Balaban J connectivity index is 2.49. The first kappa shape index (κ1) is 16.2. The van der Waals surface area contributed by atoms with Crippen molar-refractivity contribution in [1.29, 1.82) is 5.26 Å². The van der Waals surface area contributed by atoms with Crippen LogP contribution in [0.1, 0.15) is 21.8 Å². The number of carbonyl (C=O) groups excluding carboxylic acids is 1. The average molecular weight is 431 g/mol. The van der Waals surface area contributed by atoms with Crippen molar-refractivity contribution >= 4 is 49.2 Å². The van der Waals surface area contributed by atoms with Crippen LogP contribution < -0.4 is 0 Å². The van der Waals surface area contributed by atoms with E-state index in [1.807, 2.05) is 6.07 Å². The minimum Gasteiger partial charge on any atom is -0.292 e. The molecule has 0 aliphatic rings. The van der Waals surface area contributed by atoms with Gasteiger partial charge in [-0.25, -0.2) is 4.39 Å². The van der Waals surface area contributed by atoms with Gasteiger partial charge in [0.15, 0.2) is 5.78 Å². The highest BCUT2D eigenvalue weighted by Crippen LogP contribution is 2.31. The zero-order valence-electron chi connectivity index (χ0n) is 10.4. The van der Waals surface area contributed by atoms with Gasteiger partial charge in [0, 0.05) is 19.5 Å². The first-order valence-corrected chi connectivity index (χ1v) is 7.74. The summed E-state index contributed by atoms with van der Waals surface area (Å²) in [5, 5.41) is 9.37. The molecule has 106 valence electrons. The molecule has 2 aromatic rings. The number of hydrogen-bond donors (Lipinski definition) is 0. The Bertz CT molecular complexity index is 758. The minimum absolute atomic E-state index is 0.0565. The smallest absolute Gasteiger partial charge is 0.185 e. The average Bonchev–Trinajstić information content (AvgIpc) is 2.44. The van der Waals surface area contributed by atoms with E-state index >= 15 is 0 Å². The quantitative estimate of drug-likeness (QED) is 0.603. The van der Waals surface area contributed by atoms with Crippen LogP contribution in [-0.4, -0.2) is 5.78 Å². The molecular weight excluding hydrogens is 424 g/mol. The van der Waals surface area contributed by atoms with Crippen LogP contribution in [0.25, 0.3) is 0 Å². The van der Waals surface area contributed by atoms with E-state index in [-0.39, 0.29) is 10.6 Å². The van der Waals surface area contributed by atoms with Gasteiger partial charge in [0.2, 0.25) is 0 Å². The summed E-state index contributed by atoms with van der Waals surface area (Å²) in [7, 11) is 0. The fourth-order valence-electron chi connectivity index (χ4n) is 1.85. The molecule has 0 radical (unpaired) electrons. The molecule has 1 atom stereocenters. The summed E-state index contributed by atoms with van der Waals surface area (Å²) >= 11 is 12.5. The fraction of sp³-hybridized carbons (Fsp3) is 0.0667. The molecule has 0 spiro atoms. The third-order valence-electron chi connectivity index (χ3n) is 2.86. The maximum absolute atomic E-state index is 13.1. The SMILES string of the molecule is N#CC(C(=O)c1cc(Br)ccc1Br)c1ccc(F)cc1Cl. The maximum Gasteiger partial charge on any atom is 0.185 e. The van der Waals surface area contributed by atoms with Gasteiger partial charge in [-0.1, -0.05) is 49.5 Å². The number of Topliss-reactive ketones (excluding diaryl/α,β-unsaturated/α-hetero) is 1. The zero-order chi connectivity index (χ0) is 15.6. The Kier molecular flexibility index (Phi) is 5.15. The molecule has 0 fully saturated rings. The van der Waals surface area contributed by atoms with Gasteiger partial charge in [-0.05, 0) is 35.9 Å². The molecule has 0 bridgehead atoms. The second-order valence-corrected chi connectivity index (χ2v) is 6.39. The third kappa shape index (κ3) is 3.52. The molecule has 0 N–H and O–H groups in total. The summed E-state index contributed by atoms with van der Waals surface area (Å²) in [4.78, 5) is 12.6. The number of ketones is 1. The number of nitrogens with zero attached hydrogens (tertiary/aromatic N) is 1. The van der Waals surface area contributed by atoms with E-state index in [1.54, 1.807) is 18.2 Å². The monoisotopic (exact) mass is 429 g/mol. The second-order valence-electron chi connectivity index (χ2n) is 4.22. The van der Waals surface area contributed by atoms with Gasteiger partial charge in [0.05, 0.1) is 6.07 Å². The molecule has 0 aliphatic heterocycles. The number of halogens is 4. The Morgan fingerprint density at radius 1 is 1.24 bits per heavy atom. The molecule has 0 heterocycles. The number of hydrogen-bond acceptors (Lipinski definition) is 2. The normalized spacial score (nSPS) is 11.8. The summed E-state index contributed by atoms with van der Waals surface area (Å²) in [6.07, 6.45) is 0. The highest BCUT2D eigenvalue weighted by molar-refractivity contribution is 9.11. The third-order valence-corrected chi connectivity index (χ3v) is 4.37. The van der Waals surface area contributed by atoms with Crippen molar-refractivity contribution in [3.8, 4) is 6.07 Å². The van der Waals surface area contributed by atoms with E-state index in [9.17, 15) is 14.4 Å². The Morgan fingerprint density at radius 2 is 1.95 bits per heavy atom. The number of carbonyl (C=O) groups is 1. The lowest BCUT2D eigenvalue weighted by atomic mass is 9.92. The number of nitriles is 1. The molecule has 1 unspecified atom stereocenters. The van der Waals surface area contributed by atoms with Crippen molar-refractivity contribution in [1.82, 2.24) is 0 Å². The van der Waals surface area contributed by atoms with E-state index in [1.165, 1.54) is 12.1 Å². The minimum atomic E-state index is -1.09. The van der Waals surface area contributed by atoms with Crippen LogP contribution >= 0.6 is 43.5 Å². The molecule has 6 heteroatoms. The van der Waals surface area contributed by atoms with Gasteiger partial charge in [0.1, 0.15) is 11.7 Å². The lowest BCUT2D eigenvalue weighted by Crippen LogP contribution is -2.12. The van der Waals surface area contributed by atoms with Crippen LogP contribution in [0, 0.1) is 17.1 Å². The molecule has 0 aliphatic carbocycles. The second kappa shape index (κ2) is 6.69. The molecule has 0 aromatic heterocycles. The summed E-state index contributed by atoms with van der Waals surface area (Å²) in [6.45, 7) is 0. The standard InChI is InChI=1S/C15H7Br2ClFNO/c16-8-1-4-13(17)11(5-8)15(21)12(7-20)10-3-2-9(19)6-14(10)18/h1-6,12H. The highest BCUT2D eigenvalue weighted by Gasteiger charge is 2.26. The van der Waals surface area contributed by atoms with Gasteiger partial charge in [-0.15, -0.1) is 0 Å². The summed E-state index contributed by atoms with van der Waals surface area (Å²) in [5.74, 6) is -2.01. The lowest BCUT2D eigenvalue weighted by Gasteiger charge is -2.12. The number of rotatable bonds is 3. The van der Waals surface area contributed by atoms with Gasteiger partial charge in [-0.2, -0.15) is 5.26 Å². The molecule has 0 saturated carbocycles. The van der Waals surface area contributed by atoms with Gasteiger partial charge in [-0.3, -0.25) is 4.79 Å². The van der Waals surface area contributed by atoms with E-state index in [4.69, 9.17) is 11.6 Å². The van der Waals surface area contributed by atoms with Crippen LogP contribution in [0.5, 0.6) is 0 Å². The molecule has 2 nitrogen and oxygen atoms in total. The van der Waals surface area contributed by atoms with Crippen LogP contribution in [-0.2, 0) is 0 Å². The van der Waals surface area contributed by atoms with Gasteiger partial charge >= 0.3 is 0 Å². The van der Waals surface area contributed by atoms with Crippen molar-refractivity contribution in [2.75, 3.05) is 0 Å². The Hall–Kier alpha value is -1.22. The van der Waals surface area contributed by atoms with E-state index in [0.717, 1.165) is 10.5 Å². The van der Waals surface area contributed by atoms with Crippen molar-refractivity contribution in [2.45, 2.75) is 5.92 Å². The van der Waals surface area contributed by atoms with Crippen LogP contribution in [0.15, 0.2) is 45.3 Å². The first-order valence-electron chi connectivity index (χ1n) is 5.78. The molecule has 21 heavy (non-hydrogen) atoms. The topological polar surface area (TPSA) is 40.9 Å². The maximum atomic E-state index is 13.1. The lowest BCUT2D eigenvalue weighted by molar-refractivity contribution is 0.0978. The molecule has 2 aromatic carbocycles. The zero-order valence-corrected chi connectivity index (χ0v) is 14.3. The van der Waals surface area contributed by atoms with Crippen LogP contribution in [0.2, 0.25) is 5.02 Å². The van der Waals surface area contributed by atoms with E-state index in [0.29, 0.717) is 10.0 Å². The van der Waals surface area contributed by atoms with Crippen LogP contribution in [0.4, 0.5) is 4.39 Å². The predicted octanol–water partition coefficient (Wildman–Crippen LogP) is 5.49. The van der Waals surface area contributed by atoms with E-state index in [2.05, 4.69) is 31.9 Å². The van der Waals surface area contributed by atoms with E-state index < -0.39 is 17.5 Å². The van der Waals surface area contributed by atoms with Gasteiger partial charge in [0.25, 0.3) is 0 Å². The van der Waals surface area contributed by atoms with Crippen LogP contribution in [0.3, 0.4) is 0 Å². The molecular formula is C15H7Br2ClFNO. The molecule has 0 amide bonds. The summed E-state index contributed by atoms with van der Waals surface area (Å²) in [5.41, 5.74) is 0.647. The van der Waals surface area contributed by atoms with Gasteiger partial charge < -0.3 is 0 Å². The van der Waals surface area contributed by atoms with Crippen molar-refractivity contribution < 1.29 is 9.18 Å². The van der Waals surface area contributed by atoms with Crippen molar-refractivity contribution in [3.05, 3.63) is 67.3 Å². The van der Waals surface area contributed by atoms with Crippen molar-refractivity contribution in [2.24, 2.45) is 0 Å². The first-order chi connectivity index (χ1) is 9.93.